The molecule has 2 aliphatic heterocycles. The Labute approximate surface area is 117 Å². The number of hydrogen-bond donors (Lipinski definition) is 0. The summed E-state index contributed by atoms with van der Waals surface area (Å²) >= 11 is 0. The standard InChI is InChI=1S/C14H26BNO3/c1-6-12(17)16-9-7-11(8-10-16)15-18-13(2,3)14(4,5)19-15/h11H,6-10H2,1-5H3. The highest BCUT2D eigenvalue weighted by Crippen LogP contribution is 2.42. The van der Waals surface area contributed by atoms with E-state index >= 15 is 0 Å². The zero-order chi connectivity index (χ0) is 14.3. The molecule has 0 atom stereocenters. The maximum absolute atomic E-state index is 11.7. The zero-order valence-corrected chi connectivity index (χ0v) is 12.9. The van der Waals surface area contributed by atoms with Crippen LogP contribution in [0.15, 0.2) is 0 Å². The van der Waals surface area contributed by atoms with Gasteiger partial charge < -0.3 is 14.2 Å². The van der Waals surface area contributed by atoms with Gasteiger partial charge in [-0.15, -0.1) is 0 Å². The van der Waals surface area contributed by atoms with Crippen molar-refractivity contribution in [3.63, 3.8) is 0 Å². The maximum atomic E-state index is 11.7. The van der Waals surface area contributed by atoms with Gasteiger partial charge >= 0.3 is 7.12 Å². The fourth-order valence-corrected chi connectivity index (χ4v) is 2.73. The lowest BCUT2D eigenvalue weighted by Crippen LogP contribution is -2.41. The fourth-order valence-electron chi connectivity index (χ4n) is 2.73. The fraction of sp³-hybridized carbons (Fsp3) is 0.929. The molecule has 0 spiro atoms. The van der Waals surface area contributed by atoms with Gasteiger partial charge in [-0.05, 0) is 46.4 Å². The largest absolute Gasteiger partial charge is 0.461 e. The number of amides is 1. The van der Waals surface area contributed by atoms with Gasteiger partial charge in [0.2, 0.25) is 5.91 Å². The van der Waals surface area contributed by atoms with Gasteiger partial charge in [0.05, 0.1) is 11.2 Å². The molecule has 5 heteroatoms. The Morgan fingerprint density at radius 1 is 1.16 bits per heavy atom. The quantitative estimate of drug-likeness (QED) is 0.721. The summed E-state index contributed by atoms with van der Waals surface area (Å²) in [5.41, 5.74) is -0.512. The van der Waals surface area contributed by atoms with Crippen LogP contribution in [0.3, 0.4) is 0 Å². The average molecular weight is 267 g/mol. The van der Waals surface area contributed by atoms with Crippen molar-refractivity contribution in [2.24, 2.45) is 0 Å². The van der Waals surface area contributed by atoms with Crippen molar-refractivity contribution in [3.05, 3.63) is 0 Å². The highest BCUT2D eigenvalue weighted by molar-refractivity contribution is 6.47. The van der Waals surface area contributed by atoms with Gasteiger partial charge in [-0.25, -0.2) is 0 Å². The lowest BCUT2D eigenvalue weighted by molar-refractivity contribution is -0.131. The number of hydrogen-bond acceptors (Lipinski definition) is 3. The van der Waals surface area contributed by atoms with Crippen LogP contribution in [0.2, 0.25) is 5.82 Å². The van der Waals surface area contributed by atoms with Gasteiger partial charge in [-0.3, -0.25) is 4.79 Å². The van der Waals surface area contributed by atoms with Gasteiger partial charge in [-0.2, -0.15) is 0 Å². The second kappa shape index (κ2) is 5.10. The Morgan fingerprint density at radius 2 is 1.63 bits per heavy atom. The van der Waals surface area contributed by atoms with Crippen molar-refractivity contribution >= 4 is 13.0 Å². The smallest absolute Gasteiger partial charge is 0.403 e. The monoisotopic (exact) mass is 267 g/mol. The van der Waals surface area contributed by atoms with Crippen molar-refractivity contribution in [3.8, 4) is 0 Å². The van der Waals surface area contributed by atoms with E-state index in [4.69, 9.17) is 9.31 Å². The number of rotatable bonds is 2. The second-order valence-corrected chi connectivity index (χ2v) is 6.70. The first-order valence-corrected chi connectivity index (χ1v) is 7.40. The predicted molar refractivity (Wildman–Crippen MR) is 75.9 cm³/mol. The Bertz CT molecular complexity index is 333. The number of piperidine rings is 1. The molecule has 1 amide bonds. The van der Waals surface area contributed by atoms with Gasteiger partial charge in [-0.1, -0.05) is 6.92 Å². The minimum Gasteiger partial charge on any atom is -0.403 e. The maximum Gasteiger partial charge on any atom is 0.461 e. The molecule has 19 heavy (non-hydrogen) atoms. The minimum absolute atomic E-state index is 0.121. The topological polar surface area (TPSA) is 38.8 Å². The summed E-state index contributed by atoms with van der Waals surface area (Å²) in [5.74, 6) is 0.661. The molecule has 0 aromatic carbocycles. The molecule has 0 radical (unpaired) electrons. The molecule has 2 heterocycles. The van der Waals surface area contributed by atoms with E-state index in [-0.39, 0.29) is 24.2 Å². The van der Waals surface area contributed by atoms with Crippen LogP contribution in [-0.2, 0) is 14.1 Å². The molecule has 0 aliphatic carbocycles. The number of carbonyl (C=O) groups excluding carboxylic acids is 1. The summed E-state index contributed by atoms with van der Waals surface area (Å²) in [6.07, 6.45) is 2.55. The zero-order valence-electron chi connectivity index (χ0n) is 12.9. The number of likely N-dealkylation sites (tertiary alicyclic amines) is 1. The Morgan fingerprint density at radius 3 is 2.05 bits per heavy atom. The van der Waals surface area contributed by atoms with Gasteiger partial charge in [0.1, 0.15) is 0 Å². The van der Waals surface area contributed by atoms with Crippen LogP contribution < -0.4 is 0 Å². The third-order valence-corrected chi connectivity index (χ3v) is 4.85. The normalized spacial score (nSPS) is 26.8. The minimum atomic E-state index is -0.256. The molecule has 2 fully saturated rings. The Balaban J connectivity index is 1.91. The second-order valence-electron chi connectivity index (χ2n) is 6.70. The summed E-state index contributed by atoms with van der Waals surface area (Å²) in [7, 11) is -0.121. The highest BCUT2D eigenvalue weighted by atomic mass is 16.7. The molecule has 0 N–H and O–H groups in total. The molecular formula is C14H26BNO3. The van der Waals surface area contributed by atoms with E-state index in [2.05, 4.69) is 27.7 Å². The molecule has 0 unspecified atom stereocenters. The molecule has 0 aromatic heterocycles. The van der Waals surface area contributed by atoms with E-state index in [1.54, 1.807) is 0 Å². The lowest BCUT2D eigenvalue weighted by Gasteiger charge is -2.32. The molecule has 2 aliphatic rings. The van der Waals surface area contributed by atoms with Crippen LogP contribution in [0.1, 0.15) is 53.9 Å². The van der Waals surface area contributed by atoms with Crippen molar-refractivity contribution in [1.29, 1.82) is 0 Å². The van der Waals surface area contributed by atoms with Crippen LogP contribution in [0.25, 0.3) is 0 Å². The molecule has 0 bridgehead atoms. The van der Waals surface area contributed by atoms with E-state index < -0.39 is 0 Å². The Hall–Kier alpha value is -0.545. The first-order valence-electron chi connectivity index (χ1n) is 7.40. The van der Waals surface area contributed by atoms with E-state index in [0.717, 1.165) is 25.9 Å². The average Bonchev–Trinajstić information content (AvgIpc) is 2.58. The third kappa shape index (κ3) is 2.82. The van der Waals surface area contributed by atoms with E-state index in [0.29, 0.717) is 12.2 Å². The van der Waals surface area contributed by atoms with E-state index in [9.17, 15) is 4.79 Å². The Kier molecular flexibility index (Phi) is 3.98. The van der Waals surface area contributed by atoms with Crippen LogP contribution in [0.5, 0.6) is 0 Å². The predicted octanol–water partition coefficient (Wildman–Crippen LogP) is 2.48. The van der Waals surface area contributed by atoms with Crippen LogP contribution in [0.4, 0.5) is 0 Å². The first kappa shape index (κ1) is 14.9. The summed E-state index contributed by atoms with van der Waals surface area (Å²) in [5, 5.41) is 0. The number of nitrogens with zero attached hydrogens (tertiary/aromatic N) is 1. The summed E-state index contributed by atoms with van der Waals surface area (Å²) in [6.45, 7) is 11.9. The van der Waals surface area contributed by atoms with Crippen molar-refractivity contribution in [2.45, 2.75) is 70.9 Å². The molecule has 4 nitrogen and oxygen atoms in total. The van der Waals surface area contributed by atoms with Gasteiger partial charge in [0.25, 0.3) is 0 Å². The molecule has 0 aromatic rings. The lowest BCUT2D eigenvalue weighted by atomic mass is 9.67. The summed E-state index contributed by atoms with van der Waals surface area (Å²) in [6, 6.07) is 0. The van der Waals surface area contributed by atoms with Crippen LogP contribution in [-0.4, -0.2) is 42.2 Å². The highest BCUT2D eigenvalue weighted by Gasteiger charge is 2.53. The van der Waals surface area contributed by atoms with Crippen LogP contribution >= 0.6 is 0 Å². The molecule has 0 saturated carbocycles. The van der Waals surface area contributed by atoms with E-state index in [1.807, 2.05) is 11.8 Å². The molecular weight excluding hydrogens is 241 g/mol. The van der Waals surface area contributed by atoms with Gasteiger partial charge in [0.15, 0.2) is 0 Å². The van der Waals surface area contributed by atoms with Crippen molar-refractivity contribution < 1.29 is 14.1 Å². The van der Waals surface area contributed by atoms with E-state index in [1.165, 1.54) is 0 Å². The van der Waals surface area contributed by atoms with Crippen molar-refractivity contribution in [2.75, 3.05) is 13.1 Å². The molecule has 2 saturated heterocycles. The SMILES string of the molecule is CCC(=O)N1CCC(B2OC(C)(C)C(C)(C)O2)CC1. The molecule has 2 rings (SSSR count). The van der Waals surface area contributed by atoms with Gasteiger partial charge in [0, 0.05) is 19.5 Å². The first-order chi connectivity index (χ1) is 8.77. The van der Waals surface area contributed by atoms with Crippen molar-refractivity contribution in [1.82, 2.24) is 4.90 Å². The summed E-state index contributed by atoms with van der Waals surface area (Å²) < 4.78 is 12.2. The number of carbonyl (C=O) groups is 1. The summed E-state index contributed by atoms with van der Waals surface area (Å²) in [4.78, 5) is 13.6. The molecule has 108 valence electrons. The third-order valence-electron chi connectivity index (χ3n) is 4.85. The van der Waals surface area contributed by atoms with Crippen LogP contribution in [0, 0.1) is 0 Å².